The summed E-state index contributed by atoms with van der Waals surface area (Å²) in [4.78, 5) is 13.8. The van der Waals surface area contributed by atoms with Crippen molar-refractivity contribution in [2.45, 2.75) is 64.7 Å². The maximum absolute atomic E-state index is 12.0. The normalized spacial score (nSPS) is 37.1. The van der Waals surface area contributed by atoms with Gasteiger partial charge in [0.2, 0.25) is 0 Å². The molecule has 1 heterocycles. The van der Waals surface area contributed by atoms with Crippen molar-refractivity contribution in [1.29, 1.82) is 0 Å². The van der Waals surface area contributed by atoms with Gasteiger partial charge >= 0.3 is 6.09 Å². The molecule has 1 amide bonds. The van der Waals surface area contributed by atoms with Crippen molar-refractivity contribution in [3.63, 3.8) is 0 Å². The summed E-state index contributed by atoms with van der Waals surface area (Å²) in [6.07, 6.45) is 2.26. The molecule has 4 heteroatoms. The smallest absolute Gasteiger partial charge is 0.410 e. The van der Waals surface area contributed by atoms with Crippen molar-refractivity contribution < 1.29 is 14.6 Å². The number of nitrogens with zero attached hydrogens (tertiary/aromatic N) is 1. The van der Waals surface area contributed by atoms with Crippen LogP contribution in [0.25, 0.3) is 0 Å². The van der Waals surface area contributed by atoms with Crippen molar-refractivity contribution in [2.75, 3.05) is 6.54 Å². The fourth-order valence-electron chi connectivity index (χ4n) is 3.12. The molecule has 2 fully saturated rings. The van der Waals surface area contributed by atoms with Crippen LogP contribution >= 0.6 is 0 Å². The van der Waals surface area contributed by atoms with Crippen molar-refractivity contribution in [3.8, 4) is 0 Å². The highest BCUT2D eigenvalue weighted by Crippen LogP contribution is 2.50. The highest BCUT2D eigenvalue weighted by molar-refractivity contribution is 5.69. The second kappa shape index (κ2) is 3.87. The van der Waals surface area contributed by atoms with E-state index in [-0.39, 0.29) is 23.7 Å². The van der Waals surface area contributed by atoms with E-state index in [0.717, 1.165) is 25.8 Å². The Morgan fingerprint density at radius 1 is 1.35 bits per heavy atom. The Bertz CT molecular complexity index is 315. The largest absolute Gasteiger partial charge is 0.444 e. The molecule has 1 spiro atoms. The van der Waals surface area contributed by atoms with Gasteiger partial charge in [0, 0.05) is 12.6 Å². The molecule has 0 aromatic rings. The monoisotopic (exact) mass is 241 g/mol. The summed E-state index contributed by atoms with van der Waals surface area (Å²) in [5.41, 5.74) is -0.276. The van der Waals surface area contributed by atoms with Crippen LogP contribution in [-0.4, -0.2) is 40.4 Å². The minimum atomic E-state index is -0.439. The third kappa shape index (κ3) is 2.57. The summed E-state index contributed by atoms with van der Waals surface area (Å²) in [7, 11) is 0. The molecule has 17 heavy (non-hydrogen) atoms. The maximum atomic E-state index is 12.0. The topological polar surface area (TPSA) is 49.8 Å². The molecule has 1 N–H and O–H groups in total. The van der Waals surface area contributed by atoms with Gasteiger partial charge in [0.25, 0.3) is 0 Å². The Balaban J connectivity index is 1.96. The van der Waals surface area contributed by atoms with Gasteiger partial charge < -0.3 is 14.7 Å². The van der Waals surface area contributed by atoms with Crippen LogP contribution in [0, 0.1) is 5.41 Å². The Morgan fingerprint density at radius 2 is 1.94 bits per heavy atom. The summed E-state index contributed by atoms with van der Waals surface area (Å²) in [5, 5.41) is 9.44. The lowest BCUT2D eigenvalue weighted by atomic mass is 9.66. The van der Waals surface area contributed by atoms with Crippen molar-refractivity contribution in [1.82, 2.24) is 4.90 Å². The SMILES string of the molecule is C[C@@H]1CC2(CC(O)C2)CN1C(=O)OC(C)(C)C. The molecule has 0 bridgehead atoms. The molecule has 4 nitrogen and oxygen atoms in total. The lowest BCUT2D eigenvalue weighted by Crippen LogP contribution is -2.44. The molecule has 2 rings (SSSR count). The predicted octanol–water partition coefficient (Wildman–Crippen LogP) is 2.16. The van der Waals surface area contributed by atoms with Gasteiger partial charge in [-0.25, -0.2) is 4.79 Å². The number of carbonyl (C=O) groups is 1. The van der Waals surface area contributed by atoms with E-state index in [4.69, 9.17) is 4.74 Å². The third-order valence-electron chi connectivity index (χ3n) is 3.73. The standard InChI is InChI=1S/C13H23NO3/c1-9-5-13(6-10(15)7-13)8-14(9)11(16)17-12(2,3)4/h9-10,15H,5-8H2,1-4H3/t9-,10?,13?/m1/s1. The van der Waals surface area contributed by atoms with Crippen LogP contribution in [0.4, 0.5) is 4.79 Å². The van der Waals surface area contributed by atoms with Gasteiger partial charge in [-0.05, 0) is 52.4 Å². The molecular weight excluding hydrogens is 218 g/mol. The number of aliphatic hydroxyl groups is 1. The first-order valence-corrected chi connectivity index (χ1v) is 6.38. The predicted molar refractivity (Wildman–Crippen MR) is 64.7 cm³/mol. The van der Waals surface area contributed by atoms with E-state index in [1.54, 1.807) is 0 Å². The van der Waals surface area contributed by atoms with E-state index in [0.29, 0.717) is 0 Å². The second-order valence-corrected chi connectivity index (χ2v) is 6.72. The van der Waals surface area contributed by atoms with E-state index in [2.05, 4.69) is 6.92 Å². The van der Waals surface area contributed by atoms with Crippen LogP contribution in [0.2, 0.25) is 0 Å². The maximum Gasteiger partial charge on any atom is 0.410 e. The van der Waals surface area contributed by atoms with Crippen LogP contribution in [0.15, 0.2) is 0 Å². The highest BCUT2D eigenvalue weighted by atomic mass is 16.6. The highest BCUT2D eigenvalue weighted by Gasteiger charge is 2.52. The zero-order valence-electron chi connectivity index (χ0n) is 11.2. The van der Waals surface area contributed by atoms with Crippen molar-refractivity contribution in [3.05, 3.63) is 0 Å². The number of likely N-dealkylation sites (tertiary alicyclic amines) is 1. The molecule has 1 saturated carbocycles. The first kappa shape index (κ1) is 12.7. The molecule has 1 aliphatic carbocycles. The lowest BCUT2D eigenvalue weighted by Gasteiger charge is -2.42. The number of hydrogen-bond acceptors (Lipinski definition) is 3. The van der Waals surface area contributed by atoms with Gasteiger partial charge in [-0.1, -0.05) is 0 Å². The van der Waals surface area contributed by atoms with Crippen LogP contribution in [0.1, 0.15) is 47.0 Å². The quantitative estimate of drug-likeness (QED) is 0.707. The number of amides is 1. The Hall–Kier alpha value is -0.770. The van der Waals surface area contributed by atoms with E-state index in [1.807, 2.05) is 25.7 Å². The molecule has 98 valence electrons. The van der Waals surface area contributed by atoms with Gasteiger partial charge in [0.05, 0.1) is 6.10 Å². The van der Waals surface area contributed by atoms with E-state index in [9.17, 15) is 9.90 Å². The molecule has 1 saturated heterocycles. The van der Waals surface area contributed by atoms with Crippen LogP contribution < -0.4 is 0 Å². The minimum Gasteiger partial charge on any atom is -0.444 e. The number of aliphatic hydroxyl groups excluding tert-OH is 1. The molecule has 0 radical (unpaired) electrons. The lowest BCUT2D eigenvalue weighted by molar-refractivity contribution is -0.0283. The molecule has 1 aliphatic heterocycles. The van der Waals surface area contributed by atoms with Crippen molar-refractivity contribution >= 4 is 6.09 Å². The number of carbonyl (C=O) groups excluding carboxylic acids is 1. The summed E-state index contributed by atoms with van der Waals surface area (Å²) >= 11 is 0. The molecule has 0 aromatic heterocycles. The second-order valence-electron chi connectivity index (χ2n) is 6.72. The molecule has 1 atom stereocenters. The first-order valence-electron chi connectivity index (χ1n) is 6.38. The fraction of sp³-hybridized carbons (Fsp3) is 0.923. The summed E-state index contributed by atoms with van der Waals surface area (Å²) in [5.74, 6) is 0. The Labute approximate surface area is 103 Å². The summed E-state index contributed by atoms with van der Waals surface area (Å²) < 4.78 is 5.41. The van der Waals surface area contributed by atoms with Gasteiger partial charge in [0.15, 0.2) is 0 Å². The third-order valence-corrected chi connectivity index (χ3v) is 3.73. The Kier molecular flexibility index (Phi) is 2.89. The van der Waals surface area contributed by atoms with E-state index in [1.165, 1.54) is 0 Å². The van der Waals surface area contributed by atoms with Crippen LogP contribution in [0.5, 0.6) is 0 Å². The summed E-state index contributed by atoms with van der Waals surface area (Å²) in [6, 6.07) is 0.220. The van der Waals surface area contributed by atoms with Crippen molar-refractivity contribution in [2.24, 2.45) is 5.41 Å². The fourth-order valence-corrected chi connectivity index (χ4v) is 3.12. The van der Waals surface area contributed by atoms with Gasteiger partial charge in [-0.2, -0.15) is 0 Å². The van der Waals surface area contributed by atoms with Gasteiger partial charge in [-0.3, -0.25) is 0 Å². The zero-order valence-corrected chi connectivity index (χ0v) is 11.2. The average molecular weight is 241 g/mol. The van der Waals surface area contributed by atoms with E-state index < -0.39 is 5.60 Å². The van der Waals surface area contributed by atoms with E-state index >= 15 is 0 Å². The molecule has 0 aromatic carbocycles. The van der Waals surface area contributed by atoms with Gasteiger partial charge in [0.1, 0.15) is 5.60 Å². The number of ether oxygens (including phenoxy) is 1. The van der Waals surface area contributed by atoms with Crippen LogP contribution in [0.3, 0.4) is 0 Å². The Morgan fingerprint density at radius 3 is 2.41 bits per heavy atom. The molecule has 0 unspecified atom stereocenters. The first-order chi connectivity index (χ1) is 7.71. The zero-order chi connectivity index (χ0) is 12.8. The molecule has 2 aliphatic rings. The molecular formula is C13H23NO3. The average Bonchev–Trinajstić information content (AvgIpc) is 2.39. The van der Waals surface area contributed by atoms with Gasteiger partial charge in [-0.15, -0.1) is 0 Å². The van der Waals surface area contributed by atoms with Crippen LogP contribution in [-0.2, 0) is 4.74 Å². The minimum absolute atomic E-state index is 0.162. The number of hydrogen-bond donors (Lipinski definition) is 1. The summed E-state index contributed by atoms with van der Waals surface area (Å²) in [6.45, 7) is 8.45. The number of rotatable bonds is 0.